The van der Waals surface area contributed by atoms with E-state index in [1.54, 1.807) is 7.05 Å². The number of alkyl halides is 3. The maximum Gasteiger partial charge on any atom is 0.416 e. The van der Waals surface area contributed by atoms with Gasteiger partial charge in [-0.05, 0) is 24.4 Å². The van der Waals surface area contributed by atoms with Crippen LogP contribution in [0.5, 0.6) is 0 Å². The van der Waals surface area contributed by atoms with E-state index >= 15 is 0 Å². The molecule has 2 heterocycles. The summed E-state index contributed by atoms with van der Waals surface area (Å²) in [6, 6.07) is 1.84. The fourth-order valence-corrected chi connectivity index (χ4v) is 1.44. The molecule has 0 aliphatic carbocycles. The largest absolute Gasteiger partial charge is 0.416 e. The van der Waals surface area contributed by atoms with Gasteiger partial charge in [0.25, 0.3) is 0 Å². The van der Waals surface area contributed by atoms with Crippen LogP contribution in [0.1, 0.15) is 5.56 Å². The average molecular weight is 260 g/mol. The Morgan fingerprint density at radius 3 is 2.65 bits per heavy atom. The summed E-state index contributed by atoms with van der Waals surface area (Å²) in [4.78, 5) is 3.85. The Hall–Kier alpha value is -1.70. The SMILES string of the molecule is Cn1c(-c2cc(C(F)(F)F)ccn2)n[nH]c1=S. The van der Waals surface area contributed by atoms with Gasteiger partial charge in [-0.1, -0.05) is 0 Å². The van der Waals surface area contributed by atoms with E-state index in [2.05, 4.69) is 15.2 Å². The normalized spacial score (nSPS) is 11.8. The van der Waals surface area contributed by atoms with Crippen molar-refractivity contribution in [3.63, 3.8) is 0 Å². The van der Waals surface area contributed by atoms with Crippen molar-refractivity contribution >= 4 is 12.2 Å². The lowest BCUT2D eigenvalue weighted by Crippen LogP contribution is -2.06. The topological polar surface area (TPSA) is 46.5 Å². The van der Waals surface area contributed by atoms with E-state index in [1.165, 1.54) is 4.57 Å². The van der Waals surface area contributed by atoms with Crippen LogP contribution in [0.4, 0.5) is 13.2 Å². The Kier molecular flexibility index (Phi) is 2.74. The zero-order valence-electron chi connectivity index (χ0n) is 8.62. The van der Waals surface area contributed by atoms with Crippen molar-refractivity contribution in [2.24, 2.45) is 7.05 Å². The molecule has 0 saturated carbocycles. The lowest BCUT2D eigenvalue weighted by atomic mass is 10.2. The van der Waals surface area contributed by atoms with E-state index < -0.39 is 11.7 Å². The number of nitrogens with one attached hydrogen (secondary N) is 1. The first-order valence-electron chi connectivity index (χ1n) is 4.54. The van der Waals surface area contributed by atoms with Crippen molar-refractivity contribution in [2.45, 2.75) is 6.18 Å². The molecule has 0 bridgehead atoms. The van der Waals surface area contributed by atoms with Crippen LogP contribution in [0.15, 0.2) is 18.3 Å². The number of pyridine rings is 1. The summed E-state index contributed by atoms with van der Waals surface area (Å²) in [5, 5.41) is 6.31. The summed E-state index contributed by atoms with van der Waals surface area (Å²) in [5.74, 6) is 0.265. The molecule has 0 aliphatic rings. The smallest absolute Gasteiger partial charge is 0.302 e. The molecule has 0 unspecified atom stereocenters. The van der Waals surface area contributed by atoms with Crippen LogP contribution in [0, 0.1) is 4.77 Å². The lowest BCUT2D eigenvalue weighted by molar-refractivity contribution is -0.137. The highest BCUT2D eigenvalue weighted by atomic mass is 32.1. The van der Waals surface area contributed by atoms with Crippen LogP contribution in [0.3, 0.4) is 0 Å². The van der Waals surface area contributed by atoms with Gasteiger partial charge in [-0.25, -0.2) is 0 Å². The molecule has 0 aliphatic heterocycles. The van der Waals surface area contributed by atoms with Gasteiger partial charge in [0, 0.05) is 13.2 Å². The van der Waals surface area contributed by atoms with Crippen molar-refractivity contribution < 1.29 is 13.2 Å². The minimum atomic E-state index is -4.40. The Labute approximate surface area is 99.1 Å². The number of hydrogen-bond donors (Lipinski definition) is 1. The van der Waals surface area contributed by atoms with Crippen LogP contribution in [0.25, 0.3) is 11.5 Å². The summed E-state index contributed by atoms with van der Waals surface area (Å²) in [6.07, 6.45) is -3.31. The zero-order valence-corrected chi connectivity index (χ0v) is 9.43. The molecule has 2 aromatic rings. The third-order valence-electron chi connectivity index (χ3n) is 2.20. The van der Waals surface area contributed by atoms with Gasteiger partial charge in [-0.15, -0.1) is 0 Å². The molecule has 0 aromatic carbocycles. The molecular weight excluding hydrogens is 253 g/mol. The van der Waals surface area contributed by atoms with Crippen LogP contribution < -0.4 is 0 Å². The summed E-state index contributed by atoms with van der Waals surface area (Å²) < 4.78 is 39.3. The highest BCUT2D eigenvalue weighted by molar-refractivity contribution is 7.71. The van der Waals surface area contributed by atoms with E-state index in [0.29, 0.717) is 4.77 Å². The van der Waals surface area contributed by atoms with Gasteiger partial charge >= 0.3 is 6.18 Å². The second kappa shape index (κ2) is 3.95. The minimum Gasteiger partial charge on any atom is -0.302 e. The van der Waals surface area contributed by atoms with Crippen molar-refractivity contribution in [1.82, 2.24) is 19.7 Å². The molecule has 90 valence electrons. The molecule has 0 amide bonds. The second-order valence-electron chi connectivity index (χ2n) is 3.34. The Bertz CT molecular complexity index is 599. The molecule has 2 aromatic heterocycles. The average Bonchev–Trinajstić information content (AvgIpc) is 2.59. The second-order valence-corrected chi connectivity index (χ2v) is 3.73. The summed E-state index contributed by atoms with van der Waals surface area (Å²) in [7, 11) is 1.60. The van der Waals surface area contributed by atoms with Crippen molar-refractivity contribution in [3.8, 4) is 11.5 Å². The predicted octanol–water partition coefficient (Wildman–Crippen LogP) is 2.56. The number of aromatic amines is 1. The van der Waals surface area contributed by atoms with E-state index in [0.717, 1.165) is 18.3 Å². The van der Waals surface area contributed by atoms with Gasteiger partial charge < -0.3 is 4.57 Å². The molecular formula is C9H7F3N4S. The molecule has 0 fully saturated rings. The Balaban J connectivity index is 2.54. The first-order valence-corrected chi connectivity index (χ1v) is 4.95. The molecule has 0 spiro atoms. The molecule has 0 saturated heterocycles. The highest BCUT2D eigenvalue weighted by Gasteiger charge is 2.31. The van der Waals surface area contributed by atoms with Crippen LogP contribution in [-0.2, 0) is 13.2 Å². The lowest BCUT2D eigenvalue weighted by Gasteiger charge is -2.07. The quantitative estimate of drug-likeness (QED) is 0.801. The molecule has 2 rings (SSSR count). The predicted molar refractivity (Wildman–Crippen MR) is 56.6 cm³/mol. The molecule has 1 N–H and O–H groups in total. The minimum absolute atomic E-state index is 0.120. The number of H-pyrrole nitrogens is 1. The van der Waals surface area contributed by atoms with Gasteiger partial charge in [0.15, 0.2) is 10.6 Å². The van der Waals surface area contributed by atoms with Crippen molar-refractivity contribution in [3.05, 3.63) is 28.7 Å². The van der Waals surface area contributed by atoms with Crippen LogP contribution in [0.2, 0.25) is 0 Å². The molecule has 0 radical (unpaired) electrons. The maximum atomic E-state index is 12.5. The van der Waals surface area contributed by atoms with Gasteiger partial charge in [0.05, 0.1) is 5.56 Å². The third-order valence-corrected chi connectivity index (χ3v) is 2.56. The Morgan fingerprint density at radius 1 is 1.41 bits per heavy atom. The van der Waals surface area contributed by atoms with Crippen LogP contribution in [-0.4, -0.2) is 19.7 Å². The monoisotopic (exact) mass is 260 g/mol. The first-order chi connectivity index (χ1) is 7.89. The fraction of sp³-hybridized carbons (Fsp3) is 0.222. The van der Waals surface area contributed by atoms with E-state index in [1.807, 2.05) is 0 Å². The molecule has 4 nitrogen and oxygen atoms in total. The summed E-state index contributed by atoms with van der Waals surface area (Å²) >= 11 is 4.88. The number of nitrogens with zero attached hydrogens (tertiary/aromatic N) is 3. The zero-order chi connectivity index (χ0) is 12.6. The van der Waals surface area contributed by atoms with Gasteiger partial charge in [-0.3, -0.25) is 10.1 Å². The van der Waals surface area contributed by atoms with Gasteiger partial charge in [0.2, 0.25) is 0 Å². The van der Waals surface area contributed by atoms with Crippen molar-refractivity contribution in [1.29, 1.82) is 0 Å². The Morgan fingerprint density at radius 2 is 2.12 bits per heavy atom. The van der Waals surface area contributed by atoms with E-state index in [9.17, 15) is 13.2 Å². The number of rotatable bonds is 1. The van der Waals surface area contributed by atoms with Gasteiger partial charge in [0.1, 0.15) is 5.69 Å². The number of hydrogen-bond acceptors (Lipinski definition) is 3. The number of halogens is 3. The first kappa shape index (κ1) is 11.8. The van der Waals surface area contributed by atoms with E-state index in [-0.39, 0.29) is 11.5 Å². The molecule has 8 heteroatoms. The fourth-order valence-electron chi connectivity index (χ4n) is 1.31. The molecule has 0 atom stereocenters. The highest BCUT2D eigenvalue weighted by Crippen LogP contribution is 2.30. The maximum absolute atomic E-state index is 12.5. The third kappa shape index (κ3) is 2.21. The van der Waals surface area contributed by atoms with Gasteiger partial charge in [-0.2, -0.15) is 18.3 Å². The van der Waals surface area contributed by atoms with E-state index in [4.69, 9.17) is 12.2 Å². The van der Waals surface area contributed by atoms with Crippen molar-refractivity contribution in [2.75, 3.05) is 0 Å². The molecule has 17 heavy (non-hydrogen) atoms. The standard InChI is InChI=1S/C9H7F3N4S/c1-16-7(14-15-8(16)17)6-4-5(2-3-13-6)9(10,11)12/h2-4H,1H3,(H,15,17). The number of aromatic nitrogens is 4. The summed E-state index contributed by atoms with van der Waals surface area (Å²) in [5.41, 5.74) is -0.647. The van der Waals surface area contributed by atoms with Crippen LogP contribution >= 0.6 is 12.2 Å². The summed E-state index contributed by atoms with van der Waals surface area (Å²) in [6.45, 7) is 0.